The molecule has 2 aromatic heterocycles. The number of ether oxygens (including phenoxy) is 1. The molecule has 0 saturated carbocycles. The summed E-state index contributed by atoms with van der Waals surface area (Å²) in [6.45, 7) is 3.08. The summed E-state index contributed by atoms with van der Waals surface area (Å²) < 4.78 is 25.3. The molecule has 1 atom stereocenters. The number of halogens is 1. The van der Waals surface area contributed by atoms with Crippen molar-refractivity contribution in [2.45, 2.75) is 38.6 Å². The molecule has 1 N–H and O–H groups in total. The van der Waals surface area contributed by atoms with Crippen LogP contribution in [0.15, 0.2) is 65.2 Å². The number of H-pyrrole nitrogens is 1. The molecule has 4 aromatic rings. The molecule has 1 fully saturated rings. The molecule has 2 aromatic carbocycles. The van der Waals surface area contributed by atoms with Gasteiger partial charge in [0.05, 0.1) is 18.5 Å². The minimum Gasteiger partial charge on any atom is -0.493 e. The maximum atomic E-state index is 13.5. The molecule has 8 heteroatoms. The lowest BCUT2D eigenvalue weighted by Crippen LogP contribution is -2.38. The van der Waals surface area contributed by atoms with E-state index < -0.39 is 0 Å². The lowest BCUT2D eigenvalue weighted by Gasteiger charge is -2.33. The molecule has 5 rings (SSSR count). The third-order valence-electron chi connectivity index (χ3n) is 6.16. The van der Waals surface area contributed by atoms with E-state index in [0.29, 0.717) is 42.6 Å². The van der Waals surface area contributed by atoms with Crippen LogP contribution in [-0.4, -0.2) is 39.1 Å². The zero-order chi connectivity index (χ0) is 24.2. The van der Waals surface area contributed by atoms with E-state index in [2.05, 4.69) is 15.2 Å². The number of benzene rings is 2. The summed E-state index contributed by atoms with van der Waals surface area (Å²) in [6.07, 6.45) is 4.75. The lowest BCUT2D eigenvalue weighted by molar-refractivity contribution is 0.0564. The van der Waals surface area contributed by atoms with Crippen molar-refractivity contribution in [1.29, 1.82) is 0 Å². The number of aromatic amines is 1. The van der Waals surface area contributed by atoms with Crippen LogP contribution in [0.3, 0.4) is 0 Å². The number of aromatic nitrogens is 3. The molecular formula is C27H27FN4O3. The smallest absolute Gasteiger partial charge is 0.272 e. The van der Waals surface area contributed by atoms with Gasteiger partial charge in [0.25, 0.3) is 5.91 Å². The van der Waals surface area contributed by atoms with Crippen molar-refractivity contribution in [3.63, 3.8) is 0 Å². The molecule has 0 bridgehead atoms. The Morgan fingerprint density at radius 1 is 1.20 bits per heavy atom. The number of para-hydroxylation sites is 1. The summed E-state index contributed by atoms with van der Waals surface area (Å²) in [5, 5.41) is 7.28. The van der Waals surface area contributed by atoms with E-state index in [1.165, 1.54) is 12.1 Å². The average Bonchev–Trinajstić information content (AvgIpc) is 3.55. The summed E-state index contributed by atoms with van der Waals surface area (Å²) >= 11 is 0. The van der Waals surface area contributed by atoms with E-state index in [1.807, 2.05) is 37.3 Å². The van der Waals surface area contributed by atoms with Crippen LogP contribution in [0, 0.1) is 5.82 Å². The van der Waals surface area contributed by atoms with E-state index in [4.69, 9.17) is 9.15 Å². The third-order valence-corrected chi connectivity index (χ3v) is 6.16. The molecule has 1 amide bonds. The number of nitrogens with one attached hydrogen (secondary N) is 1. The number of carbonyl (C=O) groups is 1. The Balaban J connectivity index is 1.35. The van der Waals surface area contributed by atoms with Crippen LogP contribution >= 0.6 is 0 Å². The van der Waals surface area contributed by atoms with Crippen LogP contribution in [0.5, 0.6) is 5.75 Å². The second-order valence-electron chi connectivity index (χ2n) is 8.58. The number of nitrogens with zero attached hydrogens (tertiary/aromatic N) is 3. The van der Waals surface area contributed by atoms with E-state index in [9.17, 15) is 9.18 Å². The van der Waals surface area contributed by atoms with Gasteiger partial charge in [-0.3, -0.25) is 9.89 Å². The first-order chi connectivity index (χ1) is 17.1. The fourth-order valence-electron chi connectivity index (χ4n) is 4.52. The maximum absolute atomic E-state index is 13.5. The molecule has 35 heavy (non-hydrogen) atoms. The van der Waals surface area contributed by atoms with Crippen LogP contribution < -0.4 is 4.74 Å². The first-order valence-corrected chi connectivity index (χ1v) is 11.9. The Morgan fingerprint density at radius 2 is 2.09 bits per heavy atom. The third kappa shape index (κ3) is 4.96. The van der Waals surface area contributed by atoms with Crippen molar-refractivity contribution in [1.82, 2.24) is 20.1 Å². The largest absolute Gasteiger partial charge is 0.493 e. The molecule has 1 aliphatic rings. The highest BCUT2D eigenvalue weighted by Crippen LogP contribution is 2.33. The molecule has 0 spiro atoms. The zero-order valence-electron chi connectivity index (χ0n) is 19.5. The van der Waals surface area contributed by atoms with E-state index in [-0.39, 0.29) is 17.8 Å². The van der Waals surface area contributed by atoms with Crippen molar-refractivity contribution in [2.75, 3.05) is 13.2 Å². The van der Waals surface area contributed by atoms with Crippen molar-refractivity contribution in [3.8, 4) is 17.0 Å². The molecule has 180 valence electrons. The molecule has 0 aliphatic carbocycles. The van der Waals surface area contributed by atoms with Crippen molar-refractivity contribution >= 4 is 5.91 Å². The molecular weight excluding hydrogens is 447 g/mol. The number of hydrogen-bond acceptors (Lipinski definition) is 5. The predicted octanol–water partition coefficient (Wildman–Crippen LogP) is 5.56. The van der Waals surface area contributed by atoms with Crippen LogP contribution in [0.4, 0.5) is 4.39 Å². The number of amides is 1. The maximum Gasteiger partial charge on any atom is 0.272 e. The first-order valence-electron chi connectivity index (χ1n) is 11.9. The fourth-order valence-corrected chi connectivity index (χ4v) is 4.52. The van der Waals surface area contributed by atoms with Crippen LogP contribution in [0.25, 0.3) is 11.3 Å². The minimum atomic E-state index is -0.283. The van der Waals surface area contributed by atoms with Gasteiger partial charge in [0.1, 0.15) is 29.1 Å². The molecule has 3 heterocycles. The Bertz CT molecular complexity index is 1320. The Kier molecular flexibility index (Phi) is 6.61. The lowest BCUT2D eigenvalue weighted by atomic mass is 10.0. The summed E-state index contributed by atoms with van der Waals surface area (Å²) in [5.41, 5.74) is 2.69. The van der Waals surface area contributed by atoms with Crippen molar-refractivity contribution in [3.05, 3.63) is 89.5 Å². The van der Waals surface area contributed by atoms with E-state index >= 15 is 0 Å². The Hall–Kier alpha value is -3.94. The zero-order valence-corrected chi connectivity index (χ0v) is 19.5. The van der Waals surface area contributed by atoms with Crippen molar-refractivity contribution in [2.24, 2.45) is 0 Å². The van der Waals surface area contributed by atoms with Crippen LogP contribution in [0.2, 0.25) is 0 Å². The van der Waals surface area contributed by atoms with Gasteiger partial charge in [-0.2, -0.15) is 5.10 Å². The second kappa shape index (κ2) is 10.1. The van der Waals surface area contributed by atoms with Gasteiger partial charge in [0, 0.05) is 18.5 Å². The molecule has 1 aliphatic heterocycles. The van der Waals surface area contributed by atoms with Gasteiger partial charge in [-0.1, -0.05) is 24.3 Å². The Morgan fingerprint density at radius 3 is 2.94 bits per heavy atom. The van der Waals surface area contributed by atoms with Crippen LogP contribution in [0.1, 0.15) is 59.9 Å². The van der Waals surface area contributed by atoms with Gasteiger partial charge in [0.2, 0.25) is 5.89 Å². The number of likely N-dealkylation sites (tertiary alicyclic amines) is 1. The number of oxazole rings is 1. The van der Waals surface area contributed by atoms with Gasteiger partial charge < -0.3 is 14.1 Å². The topological polar surface area (TPSA) is 84.2 Å². The first kappa shape index (κ1) is 22.8. The molecule has 1 saturated heterocycles. The summed E-state index contributed by atoms with van der Waals surface area (Å²) in [7, 11) is 0. The molecule has 0 unspecified atom stereocenters. The van der Waals surface area contributed by atoms with Gasteiger partial charge >= 0.3 is 0 Å². The second-order valence-corrected chi connectivity index (χ2v) is 8.58. The summed E-state index contributed by atoms with van der Waals surface area (Å²) in [6, 6.07) is 15.6. The van der Waals surface area contributed by atoms with Gasteiger partial charge in [-0.05, 0) is 62.1 Å². The number of piperidine rings is 1. The monoisotopic (exact) mass is 474 g/mol. The van der Waals surface area contributed by atoms with Gasteiger partial charge in [0.15, 0.2) is 0 Å². The standard InChI is InChI=1S/C27H27FN4O3/c1-2-34-25-12-4-3-10-21(25)22-16-23(31-30-22)27(33)32-13-6-5-11-24(32)26-29-17-20(35-26)15-18-8-7-9-19(28)14-18/h3-4,7-10,12,14,16-17,24H,2,5-6,11,13,15H2,1H3,(H,30,31)/t24-/m0/s1. The normalized spacial score (nSPS) is 15.8. The highest BCUT2D eigenvalue weighted by Gasteiger charge is 2.33. The summed E-state index contributed by atoms with van der Waals surface area (Å²) in [4.78, 5) is 19.8. The summed E-state index contributed by atoms with van der Waals surface area (Å²) in [5.74, 6) is 1.44. The van der Waals surface area contributed by atoms with Gasteiger partial charge in [-0.15, -0.1) is 0 Å². The van der Waals surface area contributed by atoms with Gasteiger partial charge in [-0.25, -0.2) is 9.37 Å². The number of carbonyl (C=O) groups excluding carboxylic acids is 1. The fraction of sp³-hybridized carbons (Fsp3) is 0.296. The predicted molar refractivity (Wildman–Crippen MR) is 129 cm³/mol. The molecule has 7 nitrogen and oxygen atoms in total. The van der Waals surface area contributed by atoms with Crippen LogP contribution in [-0.2, 0) is 6.42 Å². The minimum absolute atomic E-state index is 0.146. The number of rotatable bonds is 7. The average molecular weight is 475 g/mol. The van der Waals surface area contributed by atoms with Crippen molar-refractivity contribution < 1.29 is 18.3 Å². The SMILES string of the molecule is CCOc1ccccc1-c1cc(C(=O)N2CCCC[C@H]2c2ncc(Cc3cccc(F)c3)o2)[nH]n1. The Labute approximate surface area is 202 Å². The van der Waals surface area contributed by atoms with E-state index in [1.54, 1.807) is 23.2 Å². The highest BCUT2D eigenvalue weighted by molar-refractivity contribution is 5.94. The van der Waals surface area contributed by atoms with E-state index in [0.717, 1.165) is 36.1 Å². The quantitative estimate of drug-likeness (QED) is 0.379. The highest BCUT2D eigenvalue weighted by atomic mass is 19.1. The molecule has 0 radical (unpaired) electrons. The number of hydrogen-bond donors (Lipinski definition) is 1.